The standard InChI is InChI=1S/C14H20N4O/c1-11-2-6-14(10-19,7-3-11)17-12-5-9-18-13(16-12)4-8-15-18/h4-5,8-9,11,19H,2-3,6-7,10H2,1H3,(H,16,17). The van der Waals surface area contributed by atoms with Gasteiger partial charge >= 0.3 is 0 Å². The zero-order valence-electron chi connectivity index (χ0n) is 11.2. The van der Waals surface area contributed by atoms with Crippen LogP contribution >= 0.6 is 0 Å². The van der Waals surface area contributed by atoms with Crippen molar-refractivity contribution in [1.29, 1.82) is 0 Å². The number of rotatable bonds is 3. The highest BCUT2D eigenvalue weighted by Crippen LogP contribution is 2.33. The molecule has 0 unspecified atom stereocenters. The molecule has 0 amide bonds. The van der Waals surface area contributed by atoms with Crippen LogP contribution in [-0.4, -0.2) is 31.9 Å². The topological polar surface area (TPSA) is 62.5 Å². The van der Waals surface area contributed by atoms with Crippen molar-refractivity contribution in [1.82, 2.24) is 14.6 Å². The van der Waals surface area contributed by atoms with E-state index in [1.54, 1.807) is 10.7 Å². The Morgan fingerprint density at radius 2 is 2.21 bits per heavy atom. The molecule has 0 spiro atoms. The van der Waals surface area contributed by atoms with Gasteiger partial charge in [0.2, 0.25) is 0 Å². The summed E-state index contributed by atoms with van der Waals surface area (Å²) in [6.07, 6.45) is 7.93. The van der Waals surface area contributed by atoms with Crippen LogP contribution < -0.4 is 5.32 Å². The SMILES string of the molecule is CC1CCC(CO)(Nc2ccn3nccc3n2)CC1. The van der Waals surface area contributed by atoms with Crippen molar-refractivity contribution < 1.29 is 5.11 Å². The van der Waals surface area contributed by atoms with Crippen molar-refractivity contribution in [2.45, 2.75) is 38.1 Å². The Labute approximate surface area is 112 Å². The highest BCUT2D eigenvalue weighted by Gasteiger charge is 2.33. The molecule has 0 bridgehead atoms. The molecule has 2 aromatic rings. The highest BCUT2D eigenvalue weighted by molar-refractivity contribution is 5.47. The predicted molar refractivity (Wildman–Crippen MR) is 74.1 cm³/mol. The molecule has 0 aliphatic heterocycles. The maximum atomic E-state index is 9.75. The fourth-order valence-electron chi connectivity index (χ4n) is 2.79. The van der Waals surface area contributed by atoms with Crippen molar-refractivity contribution in [3.05, 3.63) is 24.5 Å². The first-order chi connectivity index (χ1) is 9.21. The number of hydrogen-bond acceptors (Lipinski definition) is 4. The molecule has 0 aromatic carbocycles. The molecule has 1 saturated carbocycles. The zero-order chi connectivity index (χ0) is 13.3. The molecular formula is C14H20N4O. The van der Waals surface area contributed by atoms with Crippen molar-refractivity contribution in [2.24, 2.45) is 5.92 Å². The Hall–Kier alpha value is -1.62. The van der Waals surface area contributed by atoms with E-state index in [1.165, 1.54) is 0 Å². The Kier molecular flexibility index (Phi) is 3.14. The van der Waals surface area contributed by atoms with Crippen LogP contribution in [0.1, 0.15) is 32.6 Å². The maximum absolute atomic E-state index is 9.75. The summed E-state index contributed by atoms with van der Waals surface area (Å²) in [4.78, 5) is 4.52. The van der Waals surface area contributed by atoms with E-state index in [2.05, 4.69) is 22.3 Å². The van der Waals surface area contributed by atoms with Gasteiger partial charge in [-0.15, -0.1) is 0 Å². The molecular weight excluding hydrogens is 240 g/mol. The summed E-state index contributed by atoms with van der Waals surface area (Å²) in [6.45, 7) is 2.43. The number of aliphatic hydroxyl groups excluding tert-OH is 1. The quantitative estimate of drug-likeness (QED) is 0.887. The van der Waals surface area contributed by atoms with Gasteiger partial charge in [0.05, 0.1) is 18.3 Å². The Bertz CT molecular complexity index is 557. The number of nitrogens with one attached hydrogen (secondary N) is 1. The summed E-state index contributed by atoms with van der Waals surface area (Å²) < 4.78 is 1.74. The van der Waals surface area contributed by atoms with Gasteiger partial charge in [0.25, 0.3) is 0 Å². The third kappa shape index (κ3) is 2.42. The van der Waals surface area contributed by atoms with E-state index < -0.39 is 0 Å². The monoisotopic (exact) mass is 260 g/mol. The second kappa shape index (κ2) is 4.81. The van der Waals surface area contributed by atoms with Crippen molar-refractivity contribution >= 4 is 11.5 Å². The van der Waals surface area contributed by atoms with Gasteiger partial charge in [-0.2, -0.15) is 5.10 Å². The first-order valence-corrected chi connectivity index (χ1v) is 6.90. The van der Waals surface area contributed by atoms with Crippen LogP contribution in [-0.2, 0) is 0 Å². The van der Waals surface area contributed by atoms with Crippen molar-refractivity contribution in [2.75, 3.05) is 11.9 Å². The first kappa shape index (κ1) is 12.4. The van der Waals surface area contributed by atoms with Crippen LogP contribution in [0.4, 0.5) is 5.82 Å². The molecule has 5 nitrogen and oxygen atoms in total. The minimum Gasteiger partial charge on any atom is -0.394 e. The van der Waals surface area contributed by atoms with E-state index in [1.807, 2.05) is 18.3 Å². The van der Waals surface area contributed by atoms with Crippen LogP contribution in [0.2, 0.25) is 0 Å². The van der Waals surface area contributed by atoms with Gasteiger partial charge < -0.3 is 10.4 Å². The van der Waals surface area contributed by atoms with E-state index in [-0.39, 0.29) is 12.1 Å². The molecule has 1 aliphatic rings. The largest absolute Gasteiger partial charge is 0.394 e. The summed E-state index contributed by atoms with van der Waals surface area (Å²) in [6, 6.07) is 3.79. The van der Waals surface area contributed by atoms with E-state index in [0.717, 1.165) is 43.1 Å². The molecule has 5 heteroatoms. The van der Waals surface area contributed by atoms with Crippen LogP contribution in [0.25, 0.3) is 5.65 Å². The molecule has 19 heavy (non-hydrogen) atoms. The van der Waals surface area contributed by atoms with Crippen LogP contribution in [0.5, 0.6) is 0 Å². The molecule has 0 atom stereocenters. The molecule has 1 fully saturated rings. The average molecular weight is 260 g/mol. The Morgan fingerprint density at radius 1 is 1.42 bits per heavy atom. The predicted octanol–water partition coefficient (Wildman–Crippen LogP) is 2.08. The third-order valence-electron chi connectivity index (χ3n) is 4.19. The number of aromatic nitrogens is 3. The van der Waals surface area contributed by atoms with Gasteiger partial charge in [0.15, 0.2) is 5.65 Å². The lowest BCUT2D eigenvalue weighted by Crippen LogP contribution is -2.45. The van der Waals surface area contributed by atoms with Crippen LogP contribution in [0, 0.1) is 5.92 Å². The summed E-state index contributed by atoms with van der Waals surface area (Å²) in [5.74, 6) is 1.57. The minimum absolute atomic E-state index is 0.159. The molecule has 102 valence electrons. The molecule has 2 heterocycles. The van der Waals surface area contributed by atoms with Gasteiger partial charge in [0.1, 0.15) is 5.82 Å². The number of fused-ring (bicyclic) bond motifs is 1. The van der Waals surface area contributed by atoms with Gasteiger partial charge in [0, 0.05) is 12.3 Å². The molecule has 2 N–H and O–H groups in total. The average Bonchev–Trinajstić information content (AvgIpc) is 2.89. The fourth-order valence-corrected chi connectivity index (χ4v) is 2.79. The summed E-state index contributed by atoms with van der Waals surface area (Å²) in [5, 5.41) is 17.3. The zero-order valence-corrected chi connectivity index (χ0v) is 11.2. The van der Waals surface area contributed by atoms with E-state index in [4.69, 9.17) is 0 Å². The third-order valence-corrected chi connectivity index (χ3v) is 4.19. The van der Waals surface area contributed by atoms with Crippen molar-refractivity contribution in [3.63, 3.8) is 0 Å². The molecule has 0 saturated heterocycles. The lowest BCUT2D eigenvalue weighted by molar-refractivity contribution is 0.155. The molecule has 1 aliphatic carbocycles. The highest BCUT2D eigenvalue weighted by atomic mass is 16.3. The lowest BCUT2D eigenvalue weighted by Gasteiger charge is -2.39. The van der Waals surface area contributed by atoms with Gasteiger partial charge in [-0.25, -0.2) is 9.50 Å². The smallest absolute Gasteiger partial charge is 0.157 e. The molecule has 3 rings (SSSR count). The van der Waals surface area contributed by atoms with Gasteiger partial charge in [-0.3, -0.25) is 0 Å². The summed E-state index contributed by atoms with van der Waals surface area (Å²) in [7, 11) is 0. The van der Waals surface area contributed by atoms with Gasteiger partial charge in [-0.1, -0.05) is 6.92 Å². The Morgan fingerprint density at radius 3 is 2.95 bits per heavy atom. The van der Waals surface area contributed by atoms with E-state index in [0.29, 0.717) is 0 Å². The summed E-state index contributed by atoms with van der Waals surface area (Å²) in [5.41, 5.74) is 0.611. The lowest BCUT2D eigenvalue weighted by atomic mass is 9.77. The molecule has 2 aromatic heterocycles. The minimum atomic E-state index is -0.210. The summed E-state index contributed by atoms with van der Waals surface area (Å²) >= 11 is 0. The normalized spacial score (nSPS) is 27.6. The van der Waals surface area contributed by atoms with Gasteiger partial charge in [-0.05, 0) is 37.7 Å². The van der Waals surface area contributed by atoms with E-state index >= 15 is 0 Å². The van der Waals surface area contributed by atoms with Crippen LogP contribution in [0.15, 0.2) is 24.5 Å². The first-order valence-electron chi connectivity index (χ1n) is 6.90. The number of aliphatic hydroxyl groups is 1. The maximum Gasteiger partial charge on any atom is 0.157 e. The molecule has 0 radical (unpaired) electrons. The fraction of sp³-hybridized carbons (Fsp3) is 0.571. The number of hydrogen-bond donors (Lipinski definition) is 2. The number of nitrogens with zero attached hydrogens (tertiary/aromatic N) is 3. The second-order valence-electron chi connectivity index (χ2n) is 5.69. The van der Waals surface area contributed by atoms with Crippen molar-refractivity contribution in [3.8, 4) is 0 Å². The Balaban J connectivity index is 1.81. The van der Waals surface area contributed by atoms with Crippen LogP contribution in [0.3, 0.4) is 0 Å². The second-order valence-corrected chi connectivity index (χ2v) is 5.69. The van der Waals surface area contributed by atoms with E-state index in [9.17, 15) is 5.11 Å². The number of anilines is 1.